The van der Waals surface area contributed by atoms with Crippen LogP contribution >= 0.6 is 46.4 Å². The van der Waals surface area contributed by atoms with Crippen molar-refractivity contribution in [2.24, 2.45) is 0 Å². The van der Waals surface area contributed by atoms with Crippen LogP contribution in [0.3, 0.4) is 0 Å². The quantitative estimate of drug-likeness (QED) is 0.311. The third-order valence-electron chi connectivity index (χ3n) is 4.30. The van der Waals surface area contributed by atoms with Crippen LogP contribution in [0, 0.1) is 0 Å². The third-order valence-corrected chi connectivity index (χ3v) is 7.00. The first-order chi connectivity index (χ1) is 13.5. The van der Waals surface area contributed by atoms with E-state index in [1.807, 2.05) is 0 Å². The average Bonchev–Trinajstić information content (AvgIpc) is 2.57. The lowest BCUT2D eigenvalue weighted by molar-refractivity contribution is 0.455. The van der Waals surface area contributed by atoms with Crippen LogP contribution in [0.25, 0.3) is 0 Å². The second kappa shape index (κ2) is 7.87. The van der Waals surface area contributed by atoms with E-state index in [0.29, 0.717) is 0 Å². The Hall–Kier alpha value is -1.67. The first-order valence-electron chi connectivity index (χ1n) is 7.88. The Morgan fingerprint density at radius 1 is 0.759 bits per heavy atom. The van der Waals surface area contributed by atoms with Gasteiger partial charge in [-0.1, -0.05) is 58.5 Å². The number of aromatic hydroxyl groups is 2. The van der Waals surface area contributed by atoms with Crippen molar-refractivity contribution < 1.29 is 23.2 Å². The van der Waals surface area contributed by atoms with E-state index >= 15 is 0 Å². The van der Waals surface area contributed by atoms with E-state index in [0.717, 1.165) is 18.2 Å². The van der Waals surface area contributed by atoms with E-state index in [2.05, 4.69) is 0 Å². The third kappa shape index (κ3) is 3.89. The van der Waals surface area contributed by atoms with Gasteiger partial charge in [-0.2, -0.15) is 8.42 Å². The molecule has 0 radical (unpaired) electrons. The van der Waals surface area contributed by atoms with Crippen LogP contribution in [0.1, 0.15) is 16.7 Å². The molecule has 5 nitrogen and oxygen atoms in total. The summed E-state index contributed by atoms with van der Waals surface area (Å²) in [7, 11) is -5.07. The number of halogens is 4. The van der Waals surface area contributed by atoms with Crippen molar-refractivity contribution in [2.45, 2.75) is 4.75 Å². The van der Waals surface area contributed by atoms with Gasteiger partial charge in [-0.05, 0) is 47.5 Å². The van der Waals surface area contributed by atoms with Crippen molar-refractivity contribution in [3.63, 3.8) is 0 Å². The molecule has 29 heavy (non-hydrogen) atoms. The fourth-order valence-electron chi connectivity index (χ4n) is 3.23. The van der Waals surface area contributed by atoms with Crippen molar-refractivity contribution in [3.8, 4) is 11.5 Å². The van der Waals surface area contributed by atoms with Crippen molar-refractivity contribution in [3.05, 3.63) is 91.4 Å². The molecule has 0 amide bonds. The Labute approximate surface area is 186 Å². The minimum absolute atomic E-state index is 0.0772. The van der Waals surface area contributed by atoms with Gasteiger partial charge in [0.25, 0.3) is 10.1 Å². The molecule has 0 saturated carbocycles. The van der Waals surface area contributed by atoms with Gasteiger partial charge in [-0.3, -0.25) is 4.55 Å². The summed E-state index contributed by atoms with van der Waals surface area (Å²) >= 11 is 24.6. The summed E-state index contributed by atoms with van der Waals surface area (Å²) in [6.07, 6.45) is 0. The molecular weight excluding hydrogens is 482 g/mol. The largest absolute Gasteiger partial charge is 0.508 e. The van der Waals surface area contributed by atoms with Crippen molar-refractivity contribution in [1.29, 1.82) is 0 Å². The molecule has 3 N–H and O–H groups in total. The van der Waals surface area contributed by atoms with Crippen LogP contribution in [0.4, 0.5) is 0 Å². The van der Waals surface area contributed by atoms with Gasteiger partial charge in [0.1, 0.15) is 11.5 Å². The Kier molecular flexibility index (Phi) is 5.98. The van der Waals surface area contributed by atoms with Gasteiger partial charge in [0.2, 0.25) is 0 Å². The van der Waals surface area contributed by atoms with Crippen LogP contribution in [-0.2, 0) is 14.9 Å². The number of hydrogen-bond donors (Lipinski definition) is 3. The van der Waals surface area contributed by atoms with Crippen molar-refractivity contribution in [1.82, 2.24) is 0 Å². The molecule has 0 fully saturated rings. The predicted molar refractivity (Wildman–Crippen MR) is 114 cm³/mol. The molecule has 1 atom stereocenters. The molecule has 0 aromatic heterocycles. The molecule has 0 saturated heterocycles. The lowest BCUT2D eigenvalue weighted by atomic mass is 9.83. The maximum absolute atomic E-state index is 13.0. The molecule has 3 aromatic rings. The normalized spacial score (nSPS) is 13.8. The summed E-state index contributed by atoms with van der Waals surface area (Å²) in [6, 6.07) is 11.3. The number of benzene rings is 3. The van der Waals surface area contributed by atoms with E-state index in [9.17, 15) is 23.2 Å². The molecule has 0 bridgehead atoms. The van der Waals surface area contributed by atoms with Crippen LogP contribution in [0.5, 0.6) is 11.5 Å². The summed E-state index contributed by atoms with van der Waals surface area (Å²) < 4.78 is 34.0. The summed E-state index contributed by atoms with van der Waals surface area (Å²) in [5, 5.41) is 19.9. The summed E-state index contributed by atoms with van der Waals surface area (Å²) in [5.74, 6) is -0.665. The Morgan fingerprint density at radius 2 is 1.38 bits per heavy atom. The van der Waals surface area contributed by atoms with Gasteiger partial charge in [-0.15, -0.1) is 0 Å². The SMILES string of the molecule is O=S(=O)(O)C(c1cccc(O)c1)(c1cc(Cl)cc(Cl)c1)c1cc(O)cc(Cl)c1Cl. The van der Waals surface area contributed by atoms with Gasteiger partial charge in [-0.25, -0.2) is 0 Å². The molecule has 0 aliphatic carbocycles. The average molecular weight is 494 g/mol. The second-order valence-corrected chi connectivity index (χ2v) is 9.37. The fourth-order valence-corrected chi connectivity index (χ4v) is 5.55. The first kappa shape index (κ1) is 22.0. The molecular formula is C19H12Cl4O5S. The van der Waals surface area contributed by atoms with Gasteiger partial charge < -0.3 is 10.2 Å². The molecule has 10 heteroatoms. The highest BCUT2D eigenvalue weighted by molar-refractivity contribution is 7.87. The second-order valence-electron chi connectivity index (χ2n) is 6.15. The number of hydrogen-bond acceptors (Lipinski definition) is 4. The molecule has 0 aliphatic heterocycles. The minimum Gasteiger partial charge on any atom is -0.508 e. The van der Waals surface area contributed by atoms with Crippen molar-refractivity contribution in [2.75, 3.05) is 0 Å². The minimum atomic E-state index is -5.07. The summed E-state index contributed by atoms with van der Waals surface area (Å²) in [5.41, 5.74) is -0.413. The molecule has 0 aliphatic rings. The van der Waals surface area contributed by atoms with E-state index in [1.54, 1.807) is 0 Å². The van der Waals surface area contributed by atoms with Gasteiger partial charge in [0.05, 0.1) is 10.0 Å². The zero-order chi connectivity index (χ0) is 21.6. The molecule has 152 valence electrons. The molecule has 3 aromatic carbocycles. The molecule has 1 unspecified atom stereocenters. The van der Waals surface area contributed by atoms with Gasteiger partial charge in [0, 0.05) is 21.7 Å². The number of phenolic OH excluding ortho intramolecular Hbond substituents is 2. The van der Waals surface area contributed by atoms with Gasteiger partial charge >= 0.3 is 0 Å². The van der Waals surface area contributed by atoms with Crippen LogP contribution in [0.15, 0.2) is 54.6 Å². The fraction of sp³-hybridized carbons (Fsp3) is 0.0526. The zero-order valence-electron chi connectivity index (χ0n) is 14.3. The zero-order valence-corrected chi connectivity index (χ0v) is 18.1. The maximum atomic E-state index is 13.0. The molecule has 3 rings (SSSR count). The lowest BCUT2D eigenvalue weighted by Crippen LogP contribution is -2.38. The van der Waals surface area contributed by atoms with E-state index in [-0.39, 0.29) is 42.5 Å². The van der Waals surface area contributed by atoms with Crippen molar-refractivity contribution >= 4 is 56.5 Å². The van der Waals surface area contributed by atoms with Gasteiger partial charge in [0.15, 0.2) is 4.75 Å². The standard InChI is InChI=1S/C19H12Cl4O5S/c20-12-4-11(5-13(21)7-12)19(29(26,27)28,10-2-1-3-14(24)6-10)16-8-15(25)9-17(22)18(16)23/h1-9,24-25H,(H,26,27,28). The molecule has 0 heterocycles. The first-order valence-corrected chi connectivity index (χ1v) is 10.8. The van der Waals surface area contributed by atoms with E-state index in [1.165, 1.54) is 36.4 Å². The Bertz CT molecular complexity index is 1190. The summed E-state index contributed by atoms with van der Waals surface area (Å²) in [4.78, 5) is 0. The highest BCUT2D eigenvalue weighted by atomic mass is 35.5. The molecule has 0 spiro atoms. The highest BCUT2D eigenvalue weighted by Crippen LogP contribution is 2.50. The van der Waals surface area contributed by atoms with Crippen LogP contribution in [-0.4, -0.2) is 23.2 Å². The Balaban J connectivity index is 2.63. The maximum Gasteiger partial charge on any atom is 0.283 e. The van der Waals surface area contributed by atoms with Crippen LogP contribution in [0.2, 0.25) is 20.1 Å². The smallest absolute Gasteiger partial charge is 0.283 e. The summed E-state index contributed by atoms with van der Waals surface area (Å²) in [6.45, 7) is 0. The number of rotatable bonds is 4. The predicted octanol–water partition coefficient (Wildman–Crippen LogP) is 5.89. The number of phenols is 2. The highest BCUT2D eigenvalue weighted by Gasteiger charge is 2.50. The van der Waals surface area contributed by atoms with E-state index < -0.39 is 20.6 Å². The monoisotopic (exact) mass is 492 g/mol. The van der Waals surface area contributed by atoms with E-state index in [4.69, 9.17) is 46.4 Å². The lowest BCUT2D eigenvalue weighted by Gasteiger charge is -2.33. The topological polar surface area (TPSA) is 94.8 Å². The Morgan fingerprint density at radius 3 is 1.93 bits per heavy atom. The van der Waals surface area contributed by atoms with Crippen LogP contribution < -0.4 is 0 Å².